The molecule has 0 radical (unpaired) electrons. The molecule has 6 nitrogen and oxygen atoms in total. The van der Waals surface area contributed by atoms with Crippen molar-refractivity contribution in [3.05, 3.63) is 23.6 Å². The minimum atomic E-state index is -1.71. The van der Waals surface area contributed by atoms with Crippen LogP contribution in [0.25, 0.3) is 0 Å². The Morgan fingerprint density at radius 1 is 1.29 bits per heavy atom. The lowest BCUT2D eigenvalue weighted by Crippen LogP contribution is -2.64. The number of alkyl halides is 2. The Bertz CT molecular complexity index is 980. The Morgan fingerprint density at radius 3 is 2.59 bits per heavy atom. The highest BCUT2D eigenvalue weighted by atomic mass is 35.5. The van der Waals surface area contributed by atoms with Gasteiger partial charge in [-0.25, -0.2) is 13.6 Å². The van der Waals surface area contributed by atoms with Crippen molar-refractivity contribution in [1.29, 1.82) is 0 Å². The maximum Gasteiger partial charge on any atom is 0.352 e. The summed E-state index contributed by atoms with van der Waals surface area (Å²) in [5.41, 5.74) is -4.16. The molecule has 3 fully saturated rings. The molecule has 4 aliphatic rings. The van der Waals surface area contributed by atoms with Gasteiger partial charge >= 0.3 is 11.9 Å². The van der Waals surface area contributed by atoms with Crippen LogP contribution in [0.1, 0.15) is 53.4 Å². The summed E-state index contributed by atoms with van der Waals surface area (Å²) in [4.78, 5) is 37.8. The Morgan fingerprint density at radius 2 is 1.97 bits per heavy atom. The fourth-order valence-electron chi connectivity index (χ4n) is 7.85. The molecule has 0 saturated heterocycles. The van der Waals surface area contributed by atoms with Crippen LogP contribution < -0.4 is 0 Å². The molecule has 9 heteroatoms. The van der Waals surface area contributed by atoms with Crippen LogP contribution in [-0.4, -0.2) is 46.8 Å². The number of hydrogen-bond donors (Lipinski definition) is 1. The predicted octanol–water partition coefficient (Wildman–Crippen LogP) is 4.19. The molecule has 0 amide bonds. The second kappa shape index (κ2) is 8.40. The third-order valence-electron chi connectivity index (χ3n) is 9.15. The van der Waals surface area contributed by atoms with E-state index in [2.05, 4.69) is 0 Å². The molecule has 9 atom stereocenters. The Kier molecular flexibility index (Phi) is 6.25. The summed E-state index contributed by atoms with van der Waals surface area (Å²) in [7, 11) is 0. The summed E-state index contributed by atoms with van der Waals surface area (Å²) in [6.07, 6.45) is 0.244. The lowest BCUT2D eigenvalue weighted by molar-refractivity contribution is -0.218. The van der Waals surface area contributed by atoms with Crippen molar-refractivity contribution in [2.75, 3.05) is 6.07 Å². The summed E-state index contributed by atoms with van der Waals surface area (Å²) in [6, 6.07) is -0.427. The Labute approximate surface area is 202 Å². The van der Waals surface area contributed by atoms with Crippen LogP contribution in [0.4, 0.5) is 8.78 Å². The molecule has 0 spiro atoms. The number of halogens is 3. The zero-order valence-corrected chi connectivity index (χ0v) is 20.5. The first kappa shape index (κ1) is 25.3. The van der Waals surface area contributed by atoms with Crippen molar-refractivity contribution in [3.63, 3.8) is 0 Å². The number of esters is 2. The highest BCUT2D eigenvalue weighted by Gasteiger charge is 2.74. The molecule has 4 rings (SSSR count). The molecule has 1 N–H and O–H groups in total. The lowest BCUT2D eigenvalue weighted by atomic mass is 9.46. The number of ether oxygens (including phenoxy) is 2. The number of carbonyl (C=O) groups is 3. The van der Waals surface area contributed by atoms with Crippen molar-refractivity contribution in [3.8, 4) is 0 Å². The van der Waals surface area contributed by atoms with Gasteiger partial charge in [-0.1, -0.05) is 45.4 Å². The van der Waals surface area contributed by atoms with Crippen molar-refractivity contribution in [2.24, 2.45) is 34.5 Å². The van der Waals surface area contributed by atoms with E-state index in [0.717, 1.165) is 6.08 Å². The standard InChI is InChI=1S/C25H31ClF2O6/c1-5-18(31)34-25(22(32)33-11-26)12(2)8-14-13-9-15(27)20-21(28)16(29)6-7-23(20,3)19(13)17(30)10-24(14,25)4/h6-7,12-15,17,19,30H,5,8-11H2,1-4H3/t12-,13-,14-,15-,17-,19+,23+,24-,25-/m0/s1. The molecular formula is C25H31ClF2O6. The number of carbonyl (C=O) groups excluding carboxylic acids is 3. The van der Waals surface area contributed by atoms with Gasteiger partial charge in [-0.3, -0.25) is 9.59 Å². The third kappa shape index (κ3) is 3.16. The van der Waals surface area contributed by atoms with Crippen molar-refractivity contribution in [1.82, 2.24) is 0 Å². The van der Waals surface area contributed by atoms with Crippen LogP contribution in [-0.2, 0) is 23.9 Å². The maximum atomic E-state index is 15.5. The monoisotopic (exact) mass is 500 g/mol. The summed E-state index contributed by atoms with van der Waals surface area (Å²) in [5, 5.41) is 11.5. The topological polar surface area (TPSA) is 89.9 Å². The van der Waals surface area contributed by atoms with Gasteiger partial charge in [0.25, 0.3) is 0 Å². The smallest absolute Gasteiger partial charge is 0.352 e. The molecule has 4 aliphatic carbocycles. The van der Waals surface area contributed by atoms with Crippen LogP contribution in [0.15, 0.2) is 23.6 Å². The van der Waals surface area contributed by atoms with E-state index in [1.807, 2.05) is 0 Å². The fraction of sp³-hybridized carbons (Fsp3) is 0.720. The van der Waals surface area contributed by atoms with E-state index in [4.69, 9.17) is 21.1 Å². The van der Waals surface area contributed by atoms with Gasteiger partial charge in [0.05, 0.1) is 6.10 Å². The van der Waals surface area contributed by atoms with Crippen LogP contribution in [0.3, 0.4) is 0 Å². The Balaban J connectivity index is 1.84. The minimum absolute atomic E-state index is 0.0366. The summed E-state index contributed by atoms with van der Waals surface area (Å²) < 4.78 is 41.4. The van der Waals surface area contributed by atoms with Crippen molar-refractivity contribution in [2.45, 2.75) is 71.3 Å². The van der Waals surface area contributed by atoms with E-state index >= 15 is 4.39 Å². The van der Waals surface area contributed by atoms with Crippen LogP contribution >= 0.6 is 11.6 Å². The number of hydrogen-bond acceptors (Lipinski definition) is 6. The number of ketones is 1. The highest BCUT2D eigenvalue weighted by molar-refractivity contribution is 6.17. The SMILES string of the molecule is CCC(=O)O[C@]1(C(=O)OCCl)[C@@H](C)C[C@H]2[C@@H]3C[C@H](F)C4=C(F)C(=O)C=C[C@]4(C)[C@H]3[C@@H](O)C[C@@]21C. The van der Waals surface area contributed by atoms with Gasteiger partial charge < -0.3 is 14.6 Å². The molecule has 0 aliphatic heterocycles. The second-order valence-corrected chi connectivity index (χ2v) is 10.9. The maximum absolute atomic E-state index is 15.5. The van der Waals surface area contributed by atoms with E-state index in [-0.39, 0.29) is 30.8 Å². The largest absolute Gasteiger partial charge is 0.446 e. The highest BCUT2D eigenvalue weighted by Crippen LogP contribution is 2.69. The van der Waals surface area contributed by atoms with Gasteiger partial charge in [-0.05, 0) is 37.2 Å². The zero-order chi connectivity index (χ0) is 25.2. The molecule has 188 valence electrons. The summed E-state index contributed by atoms with van der Waals surface area (Å²) in [5.74, 6) is -5.15. The molecule has 0 aromatic rings. The first-order valence-corrected chi connectivity index (χ1v) is 12.3. The molecule has 3 saturated carbocycles. The van der Waals surface area contributed by atoms with Gasteiger partial charge in [0, 0.05) is 34.7 Å². The fourth-order valence-corrected chi connectivity index (χ4v) is 7.95. The molecule has 34 heavy (non-hydrogen) atoms. The van der Waals surface area contributed by atoms with Crippen LogP contribution in [0.2, 0.25) is 0 Å². The average molecular weight is 501 g/mol. The number of allylic oxidation sites excluding steroid dienone is 4. The summed E-state index contributed by atoms with van der Waals surface area (Å²) in [6.45, 7) is 6.83. The molecule has 0 aromatic heterocycles. The van der Waals surface area contributed by atoms with Gasteiger partial charge in [-0.15, -0.1) is 0 Å². The van der Waals surface area contributed by atoms with E-state index in [0.29, 0.717) is 6.42 Å². The number of aliphatic hydroxyl groups excluding tert-OH is 1. The quantitative estimate of drug-likeness (QED) is 0.460. The van der Waals surface area contributed by atoms with E-state index in [1.165, 1.54) is 6.08 Å². The normalized spacial score (nSPS) is 45.4. The molecule has 0 bridgehead atoms. The van der Waals surface area contributed by atoms with Crippen molar-refractivity contribution >= 4 is 29.3 Å². The first-order chi connectivity index (χ1) is 15.9. The molecule has 0 aromatic carbocycles. The first-order valence-electron chi connectivity index (χ1n) is 11.8. The molecular weight excluding hydrogens is 470 g/mol. The molecule has 0 heterocycles. The predicted molar refractivity (Wildman–Crippen MR) is 119 cm³/mol. The number of rotatable bonds is 4. The van der Waals surface area contributed by atoms with Gasteiger partial charge in [0.15, 0.2) is 11.9 Å². The van der Waals surface area contributed by atoms with Gasteiger partial charge in [-0.2, -0.15) is 0 Å². The minimum Gasteiger partial charge on any atom is -0.446 e. The van der Waals surface area contributed by atoms with E-state index in [1.54, 1.807) is 27.7 Å². The zero-order valence-electron chi connectivity index (χ0n) is 19.8. The van der Waals surface area contributed by atoms with Crippen molar-refractivity contribution < 1.29 is 37.7 Å². The summed E-state index contributed by atoms with van der Waals surface area (Å²) >= 11 is 5.70. The Hall–Kier alpha value is -1.80. The van der Waals surface area contributed by atoms with Gasteiger partial charge in [0.1, 0.15) is 6.17 Å². The number of fused-ring (bicyclic) bond motifs is 5. The number of aliphatic hydroxyl groups is 1. The average Bonchev–Trinajstić information content (AvgIpc) is 2.98. The van der Waals surface area contributed by atoms with E-state index < -0.39 is 76.1 Å². The van der Waals surface area contributed by atoms with Crippen LogP contribution in [0.5, 0.6) is 0 Å². The molecule has 0 unspecified atom stereocenters. The van der Waals surface area contributed by atoms with E-state index in [9.17, 15) is 23.9 Å². The van der Waals surface area contributed by atoms with Gasteiger partial charge in [0.2, 0.25) is 11.4 Å². The van der Waals surface area contributed by atoms with Crippen LogP contribution in [0, 0.1) is 34.5 Å². The lowest BCUT2D eigenvalue weighted by Gasteiger charge is -2.60. The third-order valence-corrected chi connectivity index (χ3v) is 9.25. The second-order valence-electron chi connectivity index (χ2n) is 10.6.